The smallest absolute Gasteiger partial charge is 0.254 e. The maximum atomic E-state index is 13.5. The van der Waals surface area contributed by atoms with Crippen molar-refractivity contribution in [3.05, 3.63) is 71.0 Å². The fourth-order valence-corrected chi connectivity index (χ4v) is 1.80. The molecule has 0 unspecified atom stereocenters. The molecule has 0 saturated heterocycles. The summed E-state index contributed by atoms with van der Waals surface area (Å²) in [5.41, 5.74) is 0.301. The quantitative estimate of drug-likeness (QED) is 0.855. The van der Waals surface area contributed by atoms with Gasteiger partial charge in [0, 0.05) is 0 Å². The molecule has 5 heteroatoms. The summed E-state index contributed by atoms with van der Waals surface area (Å²) in [6, 6.07) is 10.3. The lowest BCUT2D eigenvalue weighted by Gasteiger charge is -2.14. The van der Waals surface area contributed by atoms with Crippen molar-refractivity contribution in [3.63, 3.8) is 0 Å². The Morgan fingerprint density at radius 3 is 2.30 bits per heavy atom. The van der Waals surface area contributed by atoms with E-state index in [-0.39, 0.29) is 6.04 Å². The van der Waals surface area contributed by atoms with Gasteiger partial charge in [0.2, 0.25) is 0 Å². The van der Waals surface area contributed by atoms with E-state index in [4.69, 9.17) is 0 Å². The number of carbonyl (C=O) groups is 1. The van der Waals surface area contributed by atoms with Crippen LogP contribution in [0.15, 0.2) is 42.5 Å². The van der Waals surface area contributed by atoms with Crippen molar-refractivity contribution in [2.75, 3.05) is 0 Å². The zero-order valence-electron chi connectivity index (χ0n) is 10.7. The van der Waals surface area contributed by atoms with Gasteiger partial charge in [0.15, 0.2) is 17.5 Å². The first-order valence-corrected chi connectivity index (χ1v) is 6.00. The lowest BCUT2D eigenvalue weighted by molar-refractivity contribution is 0.0934. The molecular weight excluding hydrogens is 267 g/mol. The molecule has 0 aliphatic carbocycles. The molecule has 0 radical (unpaired) electrons. The van der Waals surface area contributed by atoms with E-state index in [1.165, 1.54) is 0 Å². The van der Waals surface area contributed by atoms with Gasteiger partial charge in [-0.05, 0) is 24.6 Å². The van der Waals surface area contributed by atoms with Crippen molar-refractivity contribution in [3.8, 4) is 0 Å². The Kier molecular flexibility index (Phi) is 4.08. The molecule has 20 heavy (non-hydrogen) atoms. The summed E-state index contributed by atoms with van der Waals surface area (Å²) in [5.74, 6) is -5.25. The number of hydrogen-bond donors (Lipinski definition) is 1. The van der Waals surface area contributed by atoms with E-state index >= 15 is 0 Å². The number of carbonyl (C=O) groups excluding carboxylic acids is 1. The number of benzene rings is 2. The number of hydrogen-bond acceptors (Lipinski definition) is 1. The van der Waals surface area contributed by atoms with Gasteiger partial charge in [0.25, 0.3) is 5.91 Å². The molecule has 0 aromatic heterocycles. The third-order valence-electron chi connectivity index (χ3n) is 2.93. The number of amides is 1. The van der Waals surface area contributed by atoms with E-state index in [1.54, 1.807) is 31.2 Å². The van der Waals surface area contributed by atoms with Gasteiger partial charge in [0.05, 0.1) is 11.6 Å². The molecule has 0 saturated carbocycles. The Balaban J connectivity index is 2.19. The number of rotatable bonds is 3. The van der Waals surface area contributed by atoms with Gasteiger partial charge < -0.3 is 5.32 Å². The second kappa shape index (κ2) is 5.77. The minimum Gasteiger partial charge on any atom is -0.345 e. The fourth-order valence-electron chi connectivity index (χ4n) is 1.80. The maximum Gasteiger partial charge on any atom is 0.254 e. The Labute approximate surface area is 114 Å². The fraction of sp³-hybridized carbons (Fsp3) is 0.133. The van der Waals surface area contributed by atoms with E-state index in [2.05, 4.69) is 5.32 Å². The van der Waals surface area contributed by atoms with Crippen LogP contribution in [0.25, 0.3) is 0 Å². The summed E-state index contributed by atoms with van der Waals surface area (Å²) < 4.78 is 39.4. The Morgan fingerprint density at radius 1 is 1.00 bits per heavy atom. The largest absolute Gasteiger partial charge is 0.345 e. The second-order valence-electron chi connectivity index (χ2n) is 4.33. The second-order valence-corrected chi connectivity index (χ2v) is 4.33. The third-order valence-corrected chi connectivity index (χ3v) is 2.93. The van der Waals surface area contributed by atoms with Crippen LogP contribution >= 0.6 is 0 Å². The van der Waals surface area contributed by atoms with E-state index < -0.39 is 28.9 Å². The molecule has 2 rings (SSSR count). The van der Waals surface area contributed by atoms with Crippen LogP contribution in [0.5, 0.6) is 0 Å². The normalized spacial score (nSPS) is 12.0. The summed E-state index contributed by atoms with van der Waals surface area (Å²) in [7, 11) is 0. The van der Waals surface area contributed by atoms with Gasteiger partial charge in [-0.25, -0.2) is 13.2 Å². The Bertz CT molecular complexity index is 629. The summed E-state index contributed by atoms with van der Waals surface area (Å²) in [4.78, 5) is 11.9. The highest BCUT2D eigenvalue weighted by atomic mass is 19.2. The summed E-state index contributed by atoms with van der Waals surface area (Å²) in [5, 5.41) is 2.53. The van der Waals surface area contributed by atoms with Gasteiger partial charge in [-0.15, -0.1) is 0 Å². The predicted molar refractivity (Wildman–Crippen MR) is 68.6 cm³/mol. The average Bonchev–Trinajstić information content (AvgIpc) is 2.45. The van der Waals surface area contributed by atoms with Crippen LogP contribution in [0.3, 0.4) is 0 Å². The zero-order chi connectivity index (χ0) is 14.7. The van der Waals surface area contributed by atoms with Gasteiger partial charge >= 0.3 is 0 Å². The molecule has 2 aromatic carbocycles. The number of halogens is 3. The molecule has 0 heterocycles. The van der Waals surface area contributed by atoms with Crippen LogP contribution in [-0.2, 0) is 0 Å². The molecule has 0 bridgehead atoms. The highest BCUT2D eigenvalue weighted by Gasteiger charge is 2.20. The first-order valence-electron chi connectivity index (χ1n) is 6.00. The number of nitrogens with one attached hydrogen (secondary N) is 1. The van der Waals surface area contributed by atoms with Gasteiger partial charge in [-0.3, -0.25) is 4.79 Å². The van der Waals surface area contributed by atoms with E-state index in [0.29, 0.717) is 0 Å². The summed E-state index contributed by atoms with van der Waals surface area (Å²) in [6.45, 7) is 1.71. The highest BCUT2D eigenvalue weighted by Crippen LogP contribution is 2.17. The Morgan fingerprint density at radius 2 is 1.65 bits per heavy atom. The first-order chi connectivity index (χ1) is 9.50. The van der Waals surface area contributed by atoms with E-state index in [9.17, 15) is 18.0 Å². The molecule has 1 atom stereocenters. The minimum atomic E-state index is -1.65. The van der Waals surface area contributed by atoms with Gasteiger partial charge in [0.1, 0.15) is 0 Å². The van der Waals surface area contributed by atoms with Crippen molar-refractivity contribution in [2.24, 2.45) is 0 Å². The standard InChI is InChI=1S/C15H12F3NO/c1-9(10-5-3-2-4-6-10)19-15(20)11-7-8-12(16)14(18)13(11)17/h2-9H,1H3,(H,19,20)/t9-/m1/s1. The van der Waals surface area contributed by atoms with Crippen LogP contribution in [-0.4, -0.2) is 5.91 Å². The summed E-state index contributed by atoms with van der Waals surface area (Å²) >= 11 is 0. The third kappa shape index (κ3) is 2.82. The van der Waals surface area contributed by atoms with Crippen molar-refractivity contribution >= 4 is 5.91 Å². The van der Waals surface area contributed by atoms with Crippen LogP contribution in [0, 0.1) is 17.5 Å². The van der Waals surface area contributed by atoms with E-state index in [1.807, 2.05) is 6.07 Å². The topological polar surface area (TPSA) is 29.1 Å². The van der Waals surface area contributed by atoms with E-state index in [0.717, 1.165) is 17.7 Å². The molecule has 2 nitrogen and oxygen atoms in total. The van der Waals surface area contributed by atoms with Crippen LogP contribution in [0.1, 0.15) is 28.9 Å². The first kappa shape index (κ1) is 14.1. The van der Waals surface area contributed by atoms with Crippen molar-refractivity contribution in [2.45, 2.75) is 13.0 Å². The Hall–Kier alpha value is -2.30. The molecule has 1 N–H and O–H groups in total. The molecular formula is C15H12F3NO. The lowest BCUT2D eigenvalue weighted by Crippen LogP contribution is -2.27. The van der Waals surface area contributed by atoms with Crippen LogP contribution < -0.4 is 5.32 Å². The van der Waals surface area contributed by atoms with Crippen LogP contribution in [0.4, 0.5) is 13.2 Å². The summed E-state index contributed by atoms with van der Waals surface area (Å²) in [6.07, 6.45) is 0. The molecule has 0 spiro atoms. The van der Waals surface area contributed by atoms with Crippen molar-refractivity contribution in [1.29, 1.82) is 0 Å². The van der Waals surface area contributed by atoms with Gasteiger partial charge in [-0.1, -0.05) is 30.3 Å². The molecule has 0 aliphatic heterocycles. The van der Waals surface area contributed by atoms with Crippen molar-refractivity contribution in [1.82, 2.24) is 5.32 Å². The molecule has 0 fully saturated rings. The molecule has 0 aliphatic rings. The molecule has 1 amide bonds. The van der Waals surface area contributed by atoms with Crippen molar-refractivity contribution < 1.29 is 18.0 Å². The lowest BCUT2D eigenvalue weighted by atomic mass is 10.1. The zero-order valence-corrected chi connectivity index (χ0v) is 10.7. The maximum absolute atomic E-state index is 13.5. The van der Waals surface area contributed by atoms with Gasteiger partial charge in [-0.2, -0.15) is 0 Å². The SMILES string of the molecule is C[C@@H](NC(=O)c1ccc(F)c(F)c1F)c1ccccc1. The van der Waals surface area contributed by atoms with Crippen LogP contribution in [0.2, 0.25) is 0 Å². The minimum absolute atomic E-state index is 0.379. The average molecular weight is 279 g/mol. The molecule has 2 aromatic rings. The highest BCUT2D eigenvalue weighted by molar-refractivity contribution is 5.94. The molecule has 104 valence electrons. The monoisotopic (exact) mass is 279 g/mol. The predicted octanol–water partition coefficient (Wildman–Crippen LogP) is 3.59.